The van der Waals surface area contributed by atoms with Crippen molar-refractivity contribution in [1.82, 2.24) is 10.6 Å². The fourth-order valence-corrected chi connectivity index (χ4v) is 2.20. The Morgan fingerprint density at radius 2 is 2.14 bits per heavy atom. The molecule has 1 aliphatic rings. The maximum atomic E-state index is 11.8. The van der Waals surface area contributed by atoms with Crippen molar-refractivity contribution in [3.8, 4) is 5.75 Å². The van der Waals surface area contributed by atoms with Gasteiger partial charge in [-0.25, -0.2) is 0 Å². The average Bonchev–Trinajstić information content (AvgIpc) is 2.50. The first-order valence-corrected chi connectivity index (χ1v) is 7.50. The van der Waals surface area contributed by atoms with E-state index in [0.717, 1.165) is 25.3 Å². The van der Waals surface area contributed by atoms with Crippen molar-refractivity contribution in [2.24, 2.45) is 0 Å². The van der Waals surface area contributed by atoms with Gasteiger partial charge in [-0.3, -0.25) is 4.79 Å². The van der Waals surface area contributed by atoms with Crippen molar-refractivity contribution in [3.63, 3.8) is 0 Å². The Morgan fingerprint density at radius 3 is 2.82 bits per heavy atom. The Bertz CT molecular complexity index is 529. The van der Waals surface area contributed by atoms with Crippen molar-refractivity contribution in [1.29, 1.82) is 0 Å². The number of ether oxygens (including phenoxy) is 1. The monoisotopic (exact) mass is 324 g/mol. The van der Waals surface area contributed by atoms with Crippen LogP contribution >= 0.6 is 12.4 Å². The number of carbonyl (C=O) groups is 1. The molecule has 0 aromatic heterocycles. The first kappa shape index (κ1) is 18.5. The van der Waals surface area contributed by atoms with E-state index in [2.05, 4.69) is 30.6 Å². The molecule has 1 heterocycles. The van der Waals surface area contributed by atoms with Gasteiger partial charge in [-0.05, 0) is 50.1 Å². The SMILES string of the molecule is Cc1ccc(OCCC(=O)NCC2=CCNCC2)cc1C.Cl. The zero-order chi connectivity index (χ0) is 15.1. The molecule has 1 aromatic carbocycles. The Balaban J connectivity index is 0.00000242. The lowest BCUT2D eigenvalue weighted by molar-refractivity contribution is -0.121. The Labute approximate surface area is 138 Å². The normalized spacial score (nSPS) is 13.8. The van der Waals surface area contributed by atoms with Crippen LogP contribution in [0.3, 0.4) is 0 Å². The number of hydrogen-bond acceptors (Lipinski definition) is 3. The van der Waals surface area contributed by atoms with Crippen LogP contribution in [-0.2, 0) is 4.79 Å². The lowest BCUT2D eigenvalue weighted by atomic mass is 10.1. The minimum absolute atomic E-state index is 0. The number of amides is 1. The number of carbonyl (C=O) groups excluding carboxylic acids is 1. The van der Waals surface area contributed by atoms with Gasteiger partial charge in [-0.2, -0.15) is 0 Å². The summed E-state index contributed by atoms with van der Waals surface area (Å²) in [5, 5.41) is 6.20. The van der Waals surface area contributed by atoms with Crippen LogP contribution in [0.15, 0.2) is 29.8 Å². The minimum atomic E-state index is 0. The summed E-state index contributed by atoms with van der Waals surface area (Å²) in [6.07, 6.45) is 3.55. The summed E-state index contributed by atoms with van der Waals surface area (Å²) in [6, 6.07) is 5.99. The smallest absolute Gasteiger partial charge is 0.223 e. The van der Waals surface area contributed by atoms with E-state index in [4.69, 9.17) is 4.74 Å². The highest BCUT2D eigenvalue weighted by Crippen LogP contribution is 2.16. The second-order valence-electron chi connectivity index (χ2n) is 5.44. The molecular formula is C17H25ClN2O2. The largest absolute Gasteiger partial charge is 0.493 e. The molecule has 22 heavy (non-hydrogen) atoms. The molecule has 0 unspecified atom stereocenters. The van der Waals surface area contributed by atoms with Crippen molar-refractivity contribution >= 4 is 18.3 Å². The number of benzene rings is 1. The quantitative estimate of drug-likeness (QED) is 0.791. The van der Waals surface area contributed by atoms with Crippen LogP contribution in [0.25, 0.3) is 0 Å². The Hall–Kier alpha value is -1.52. The van der Waals surface area contributed by atoms with Crippen molar-refractivity contribution < 1.29 is 9.53 Å². The van der Waals surface area contributed by atoms with E-state index in [9.17, 15) is 4.79 Å². The van der Waals surface area contributed by atoms with E-state index in [0.29, 0.717) is 19.6 Å². The summed E-state index contributed by atoms with van der Waals surface area (Å²) >= 11 is 0. The fraction of sp³-hybridized carbons (Fsp3) is 0.471. The van der Waals surface area contributed by atoms with Crippen LogP contribution in [-0.4, -0.2) is 32.1 Å². The third-order valence-corrected chi connectivity index (χ3v) is 3.75. The molecule has 0 saturated heterocycles. The van der Waals surface area contributed by atoms with Crippen LogP contribution in [0.1, 0.15) is 24.0 Å². The molecule has 0 aliphatic carbocycles. The third kappa shape index (κ3) is 6.08. The number of rotatable bonds is 6. The van der Waals surface area contributed by atoms with Crippen LogP contribution in [0.4, 0.5) is 0 Å². The van der Waals surface area contributed by atoms with Gasteiger partial charge in [-0.1, -0.05) is 17.7 Å². The molecular weight excluding hydrogens is 300 g/mol. The maximum absolute atomic E-state index is 11.8. The predicted octanol–water partition coefficient (Wildman–Crippen LogP) is 2.53. The van der Waals surface area contributed by atoms with Gasteiger partial charge in [0, 0.05) is 13.1 Å². The summed E-state index contributed by atoms with van der Waals surface area (Å²) in [5.74, 6) is 0.866. The molecule has 1 aliphatic heterocycles. The van der Waals surface area contributed by atoms with Gasteiger partial charge in [0.1, 0.15) is 5.75 Å². The molecule has 0 saturated carbocycles. The summed E-state index contributed by atoms with van der Waals surface area (Å²) in [7, 11) is 0. The molecule has 0 bridgehead atoms. The van der Waals surface area contributed by atoms with E-state index in [-0.39, 0.29) is 18.3 Å². The number of aryl methyl sites for hydroxylation is 2. The lowest BCUT2D eigenvalue weighted by Gasteiger charge is -2.14. The number of hydrogen-bond donors (Lipinski definition) is 2. The van der Waals surface area contributed by atoms with Crippen LogP contribution in [0.5, 0.6) is 5.75 Å². The first-order chi connectivity index (χ1) is 10.1. The van der Waals surface area contributed by atoms with Crippen LogP contribution in [0.2, 0.25) is 0 Å². The molecule has 1 amide bonds. The Kier molecular flexibility index (Phi) is 7.99. The molecule has 0 fully saturated rings. The topological polar surface area (TPSA) is 50.4 Å². The second-order valence-corrected chi connectivity index (χ2v) is 5.44. The van der Waals surface area contributed by atoms with Gasteiger partial charge in [0.25, 0.3) is 0 Å². The average molecular weight is 325 g/mol. The fourth-order valence-electron chi connectivity index (χ4n) is 2.20. The van der Waals surface area contributed by atoms with Gasteiger partial charge in [0.05, 0.1) is 13.0 Å². The van der Waals surface area contributed by atoms with Crippen LogP contribution < -0.4 is 15.4 Å². The minimum Gasteiger partial charge on any atom is -0.493 e. The van der Waals surface area contributed by atoms with Gasteiger partial charge in [0.15, 0.2) is 0 Å². The highest BCUT2D eigenvalue weighted by Gasteiger charge is 2.06. The zero-order valence-electron chi connectivity index (χ0n) is 13.3. The lowest BCUT2D eigenvalue weighted by Crippen LogP contribution is -2.30. The summed E-state index contributed by atoms with van der Waals surface area (Å²) in [5.41, 5.74) is 3.75. The molecule has 5 heteroatoms. The molecule has 0 atom stereocenters. The van der Waals surface area contributed by atoms with E-state index >= 15 is 0 Å². The van der Waals surface area contributed by atoms with E-state index < -0.39 is 0 Å². The standard InChI is InChI=1S/C17H24N2O2.ClH/c1-13-3-4-16(11-14(13)2)21-10-7-17(20)19-12-15-5-8-18-9-6-15;/h3-5,11,18H,6-10,12H2,1-2H3,(H,19,20);1H. The van der Waals surface area contributed by atoms with Gasteiger partial charge < -0.3 is 15.4 Å². The van der Waals surface area contributed by atoms with E-state index in [1.54, 1.807) is 0 Å². The highest BCUT2D eigenvalue weighted by atomic mass is 35.5. The Morgan fingerprint density at radius 1 is 1.32 bits per heavy atom. The molecule has 2 rings (SSSR count). The molecule has 4 nitrogen and oxygen atoms in total. The van der Waals surface area contributed by atoms with Gasteiger partial charge in [-0.15, -0.1) is 12.4 Å². The highest BCUT2D eigenvalue weighted by molar-refractivity contribution is 5.85. The van der Waals surface area contributed by atoms with Crippen molar-refractivity contribution in [2.45, 2.75) is 26.7 Å². The van der Waals surface area contributed by atoms with Gasteiger partial charge >= 0.3 is 0 Å². The second kappa shape index (κ2) is 9.49. The predicted molar refractivity (Wildman–Crippen MR) is 91.9 cm³/mol. The summed E-state index contributed by atoms with van der Waals surface area (Å²) < 4.78 is 5.62. The molecule has 0 spiro atoms. The van der Waals surface area contributed by atoms with E-state index in [1.165, 1.54) is 16.7 Å². The molecule has 1 aromatic rings. The van der Waals surface area contributed by atoms with Crippen molar-refractivity contribution in [2.75, 3.05) is 26.2 Å². The van der Waals surface area contributed by atoms with Crippen LogP contribution in [0, 0.1) is 13.8 Å². The van der Waals surface area contributed by atoms with Crippen molar-refractivity contribution in [3.05, 3.63) is 41.0 Å². The number of halogens is 1. The molecule has 122 valence electrons. The van der Waals surface area contributed by atoms with Gasteiger partial charge in [0.2, 0.25) is 5.91 Å². The van der Waals surface area contributed by atoms with E-state index in [1.807, 2.05) is 18.2 Å². The molecule has 2 N–H and O–H groups in total. The summed E-state index contributed by atoms with van der Waals surface area (Å²) in [6.45, 7) is 7.10. The summed E-state index contributed by atoms with van der Waals surface area (Å²) in [4.78, 5) is 11.8. The first-order valence-electron chi connectivity index (χ1n) is 7.50. The maximum Gasteiger partial charge on any atom is 0.223 e. The number of nitrogens with one attached hydrogen (secondary N) is 2. The third-order valence-electron chi connectivity index (χ3n) is 3.75. The zero-order valence-corrected chi connectivity index (χ0v) is 14.1. The molecule has 0 radical (unpaired) electrons.